The summed E-state index contributed by atoms with van der Waals surface area (Å²) in [5.41, 5.74) is 0. The third kappa shape index (κ3) is 44.9. The molecule has 366 valence electrons. The number of carbonyl (C=O) groups is 2. The number of hydrogen-bond donors (Lipinski definition) is 3. The molecule has 3 unspecified atom stereocenters. The fourth-order valence-electron chi connectivity index (χ4n) is 8.58. The van der Waals surface area contributed by atoms with Gasteiger partial charge in [0.15, 0.2) is 0 Å². The molecule has 62 heavy (non-hydrogen) atoms. The lowest BCUT2D eigenvalue weighted by atomic mass is 10.0. The molecule has 0 aliphatic carbocycles. The monoisotopic (exact) mass is 874 g/mol. The Labute approximate surface area is 386 Å². The van der Waals surface area contributed by atoms with Crippen molar-refractivity contribution in [3.63, 3.8) is 0 Å². The van der Waals surface area contributed by atoms with Crippen molar-refractivity contribution in [3.05, 3.63) is 24.3 Å². The van der Waals surface area contributed by atoms with Crippen LogP contribution in [0.2, 0.25) is 0 Å². The molecule has 3 atom stereocenters. The van der Waals surface area contributed by atoms with Crippen LogP contribution in [0.3, 0.4) is 0 Å². The molecular weight excluding hydrogens is 767 g/mol. The van der Waals surface area contributed by atoms with Crippen molar-refractivity contribution in [2.24, 2.45) is 0 Å². The zero-order valence-electron chi connectivity index (χ0n) is 41.8. The van der Waals surface area contributed by atoms with E-state index in [0.29, 0.717) is 19.3 Å². The van der Waals surface area contributed by atoms with E-state index in [0.717, 1.165) is 64.2 Å². The number of hydrogen-bond acceptors (Lipinski definition) is 5. The van der Waals surface area contributed by atoms with Gasteiger partial charge in [0.2, 0.25) is 5.91 Å². The molecule has 0 rings (SSSR count). The highest BCUT2D eigenvalue weighted by atomic mass is 16.5. The minimum atomic E-state index is -0.786. The lowest BCUT2D eigenvalue weighted by molar-refractivity contribution is -0.151. The normalized spacial score (nSPS) is 13.3. The lowest BCUT2D eigenvalue weighted by Crippen LogP contribution is -2.46. The van der Waals surface area contributed by atoms with E-state index in [1.54, 1.807) is 0 Å². The summed E-state index contributed by atoms with van der Waals surface area (Å²) in [5.74, 6) is -0.467. The van der Waals surface area contributed by atoms with Crippen molar-refractivity contribution in [1.82, 2.24) is 5.32 Å². The van der Waals surface area contributed by atoms with Gasteiger partial charge < -0.3 is 20.3 Å². The predicted molar refractivity (Wildman–Crippen MR) is 269 cm³/mol. The van der Waals surface area contributed by atoms with Crippen molar-refractivity contribution in [2.75, 3.05) is 6.61 Å². The van der Waals surface area contributed by atoms with Crippen molar-refractivity contribution >= 4 is 11.9 Å². The molecule has 0 fully saturated rings. The first-order valence-corrected chi connectivity index (χ1v) is 27.6. The Balaban J connectivity index is 4.49. The van der Waals surface area contributed by atoms with Gasteiger partial charge in [-0.2, -0.15) is 0 Å². The average molecular weight is 874 g/mol. The van der Waals surface area contributed by atoms with Crippen molar-refractivity contribution in [1.29, 1.82) is 0 Å². The highest BCUT2D eigenvalue weighted by molar-refractivity contribution is 5.77. The smallest absolute Gasteiger partial charge is 0.306 e. The molecule has 0 aromatic carbocycles. The molecule has 1 amide bonds. The number of rotatable bonds is 50. The van der Waals surface area contributed by atoms with E-state index in [9.17, 15) is 19.8 Å². The van der Waals surface area contributed by atoms with Gasteiger partial charge in [0.25, 0.3) is 0 Å². The first-order valence-electron chi connectivity index (χ1n) is 27.6. The predicted octanol–water partition coefficient (Wildman–Crippen LogP) is 16.7. The largest absolute Gasteiger partial charge is 0.462 e. The van der Waals surface area contributed by atoms with E-state index in [-0.39, 0.29) is 24.9 Å². The zero-order chi connectivity index (χ0) is 45.2. The first kappa shape index (κ1) is 60.3. The standard InChI is InChI=1S/C56H107NO5/c1-4-7-10-13-16-19-22-24-26-28-29-31-33-35-38-41-44-47-52(62-56(61)49-46-43-40-37-21-18-15-12-9-6-3)50-55(60)57-53(51-58)54(59)48-45-42-39-36-34-32-30-27-25-23-20-17-14-11-8-5-2/h16,19,24,26,52-54,58-59H,4-15,17-18,20-23,25,27-51H2,1-3H3,(H,57,60)/b19-16-,26-24-. The Morgan fingerprint density at radius 1 is 0.468 bits per heavy atom. The van der Waals surface area contributed by atoms with Crippen LogP contribution < -0.4 is 5.32 Å². The van der Waals surface area contributed by atoms with Crippen molar-refractivity contribution in [3.8, 4) is 0 Å². The molecule has 0 aliphatic rings. The molecule has 0 aromatic rings. The highest BCUT2D eigenvalue weighted by Crippen LogP contribution is 2.18. The molecule has 0 aromatic heterocycles. The Hall–Kier alpha value is -1.66. The summed E-state index contributed by atoms with van der Waals surface area (Å²) in [7, 11) is 0. The molecule has 0 spiro atoms. The minimum absolute atomic E-state index is 0.0776. The number of amides is 1. The molecule has 0 saturated carbocycles. The topological polar surface area (TPSA) is 95.9 Å². The lowest BCUT2D eigenvalue weighted by Gasteiger charge is -2.24. The third-order valence-corrected chi connectivity index (χ3v) is 12.8. The molecule has 3 N–H and O–H groups in total. The number of ether oxygens (including phenoxy) is 1. The molecule has 0 bridgehead atoms. The van der Waals surface area contributed by atoms with Crippen LogP contribution in [0.4, 0.5) is 0 Å². The number of nitrogens with one attached hydrogen (secondary N) is 1. The number of aliphatic hydroxyl groups is 2. The van der Waals surface area contributed by atoms with Crippen molar-refractivity contribution < 1.29 is 24.5 Å². The molecule has 6 nitrogen and oxygen atoms in total. The van der Waals surface area contributed by atoms with E-state index in [4.69, 9.17) is 4.74 Å². The van der Waals surface area contributed by atoms with Crippen LogP contribution in [0.1, 0.15) is 297 Å². The number of allylic oxidation sites excluding steroid dienone is 4. The minimum Gasteiger partial charge on any atom is -0.462 e. The average Bonchev–Trinajstić information content (AvgIpc) is 3.26. The second-order valence-electron chi connectivity index (χ2n) is 19.0. The third-order valence-electron chi connectivity index (χ3n) is 12.8. The molecule has 0 aliphatic heterocycles. The summed E-state index contributed by atoms with van der Waals surface area (Å²) in [6.45, 7) is 6.48. The van der Waals surface area contributed by atoms with Crippen LogP contribution in [0.25, 0.3) is 0 Å². The van der Waals surface area contributed by atoms with E-state index >= 15 is 0 Å². The molecule has 0 heterocycles. The maximum atomic E-state index is 13.2. The van der Waals surface area contributed by atoms with Crippen LogP contribution in [0, 0.1) is 0 Å². The maximum absolute atomic E-state index is 13.2. The van der Waals surface area contributed by atoms with E-state index in [1.807, 2.05) is 0 Å². The van der Waals surface area contributed by atoms with Gasteiger partial charge >= 0.3 is 5.97 Å². The second-order valence-corrected chi connectivity index (χ2v) is 19.0. The van der Waals surface area contributed by atoms with Crippen LogP contribution in [-0.2, 0) is 14.3 Å². The number of unbranched alkanes of at least 4 members (excludes halogenated alkanes) is 34. The number of aliphatic hydroxyl groups excluding tert-OH is 2. The van der Waals surface area contributed by atoms with Crippen molar-refractivity contribution in [2.45, 2.75) is 315 Å². The first-order chi connectivity index (χ1) is 30.5. The summed E-state index contributed by atoms with van der Waals surface area (Å²) in [6, 6.07) is -0.700. The number of carbonyl (C=O) groups excluding carboxylic acids is 2. The fourth-order valence-corrected chi connectivity index (χ4v) is 8.58. The fraction of sp³-hybridized carbons (Fsp3) is 0.893. The van der Waals surface area contributed by atoms with Gasteiger partial charge in [-0.3, -0.25) is 9.59 Å². The highest BCUT2D eigenvalue weighted by Gasteiger charge is 2.24. The Kier molecular flexibility index (Phi) is 49.0. The maximum Gasteiger partial charge on any atom is 0.306 e. The van der Waals surface area contributed by atoms with Gasteiger partial charge in [-0.25, -0.2) is 0 Å². The van der Waals surface area contributed by atoms with Gasteiger partial charge in [0.1, 0.15) is 6.10 Å². The Morgan fingerprint density at radius 3 is 1.26 bits per heavy atom. The summed E-state index contributed by atoms with van der Waals surface area (Å²) >= 11 is 0. The van der Waals surface area contributed by atoms with Gasteiger partial charge in [-0.05, 0) is 57.8 Å². The summed E-state index contributed by atoms with van der Waals surface area (Å²) in [4.78, 5) is 26.2. The van der Waals surface area contributed by atoms with Gasteiger partial charge in [0.05, 0.1) is 25.2 Å². The SMILES string of the molecule is CCCCC/C=C\C/C=C\CCCCCCCCCC(CC(=O)NC(CO)C(O)CCCCCCCCCCCCCCCCCC)OC(=O)CCCCCCCCCCCC. The molecule has 6 heteroatoms. The van der Waals surface area contributed by atoms with Gasteiger partial charge in [-0.1, -0.05) is 251 Å². The number of esters is 1. The van der Waals surface area contributed by atoms with E-state index < -0.39 is 18.2 Å². The molecule has 0 radical (unpaired) electrons. The van der Waals surface area contributed by atoms with E-state index in [2.05, 4.69) is 50.4 Å². The van der Waals surface area contributed by atoms with Crippen LogP contribution in [0.15, 0.2) is 24.3 Å². The summed E-state index contributed by atoms with van der Waals surface area (Å²) < 4.78 is 5.94. The van der Waals surface area contributed by atoms with Crippen LogP contribution in [0.5, 0.6) is 0 Å². The van der Waals surface area contributed by atoms with Crippen LogP contribution >= 0.6 is 0 Å². The van der Waals surface area contributed by atoms with Crippen LogP contribution in [-0.4, -0.2) is 46.9 Å². The molecular formula is C56H107NO5. The van der Waals surface area contributed by atoms with Gasteiger partial charge in [-0.15, -0.1) is 0 Å². The zero-order valence-corrected chi connectivity index (χ0v) is 41.8. The Bertz CT molecular complexity index is 981. The molecule has 0 saturated heterocycles. The Morgan fingerprint density at radius 2 is 0.823 bits per heavy atom. The van der Waals surface area contributed by atoms with Gasteiger partial charge in [0, 0.05) is 6.42 Å². The summed E-state index contributed by atoms with van der Waals surface area (Å²) in [6.07, 6.45) is 58.1. The summed E-state index contributed by atoms with van der Waals surface area (Å²) in [5, 5.41) is 23.8. The second kappa shape index (κ2) is 50.3. The quantitative estimate of drug-likeness (QED) is 0.0321. The van der Waals surface area contributed by atoms with E-state index in [1.165, 1.54) is 186 Å².